The van der Waals surface area contributed by atoms with Gasteiger partial charge in [-0.15, -0.1) is 10.2 Å². The second-order valence-corrected chi connectivity index (χ2v) is 9.45. The number of aryl methyl sites for hydroxylation is 1. The molecule has 0 radical (unpaired) electrons. The number of anilines is 1. The maximum Gasteiger partial charge on any atom is 0.296 e. The number of benzene rings is 4. The average molecular weight is 526 g/mol. The summed E-state index contributed by atoms with van der Waals surface area (Å²) in [7, 11) is -3.14. The van der Waals surface area contributed by atoms with Gasteiger partial charge in [-0.25, -0.2) is 0 Å². The van der Waals surface area contributed by atoms with E-state index in [9.17, 15) is 22.9 Å². The summed E-state index contributed by atoms with van der Waals surface area (Å²) < 4.78 is 38.3. The fourth-order valence-corrected chi connectivity index (χ4v) is 5.02. The van der Waals surface area contributed by atoms with Gasteiger partial charge in [-0.1, -0.05) is 54.1 Å². The van der Waals surface area contributed by atoms with Gasteiger partial charge in [-0.3, -0.25) is 9.35 Å². The molecule has 184 valence electrons. The van der Waals surface area contributed by atoms with Gasteiger partial charge < -0.3 is 15.2 Å². The van der Waals surface area contributed by atoms with Gasteiger partial charge in [-0.05, 0) is 42.1 Å². The fraction of sp³-hybridized carbons (Fsp3) is 0.0800. The SMILES string of the molecule is COc1ccccc1NC(=O)c1cc2ccccc2c(N=Nc2ccc(C)c(S(=O)(=O)O)c2Cl)c1O. The predicted molar refractivity (Wildman–Crippen MR) is 137 cm³/mol. The van der Waals surface area contributed by atoms with Crippen LogP contribution in [0.5, 0.6) is 11.5 Å². The number of amides is 1. The van der Waals surface area contributed by atoms with Crippen molar-refractivity contribution in [1.82, 2.24) is 0 Å². The molecule has 0 aromatic heterocycles. The van der Waals surface area contributed by atoms with Crippen molar-refractivity contribution in [3.63, 3.8) is 0 Å². The molecule has 9 nitrogen and oxygen atoms in total. The lowest BCUT2D eigenvalue weighted by Gasteiger charge is -2.13. The molecule has 4 aromatic carbocycles. The van der Waals surface area contributed by atoms with Crippen LogP contribution in [0.3, 0.4) is 0 Å². The molecule has 11 heteroatoms. The molecule has 0 aliphatic rings. The normalized spacial score (nSPS) is 11.7. The van der Waals surface area contributed by atoms with Crippen molar-refractivity contribution >= 4 is 55.5 Å². The average Bonchev–Trinajstić information content (AvgIpc) is 2.83. The molecule has 0 aliphatic heterocycles. The van der Waals surface area contributed by atoms with Crippen LogP contribution in [0.25, 0.3) is 10.8 Å². The molecule has 3 N–H and O–H groups in total. The van der Waals surface area contributed by atoms with Crippen molar-refractivity contribution in [2.24, 2.45) is 10.2 Å². The van der Waals surface area contributed by atoms with Crippen LogP contribution >= 0.6 is 11.6 Å². The molecule has 0 aliphatic carbocycles. The van der Waals surface area contributed by atoms with Crippen LogP contribution in [0.1, 0.15) is 15.9 Å². The summed E-state index contributed by atoms with van der Waals surface area (Å²) in [6.45, 7) is 1.47. The van der Waals surface area contributed by atoms with Crippen molar-refractivity contribution in [2.75, 3.05) is 12.4 Å². The molecule has 4 aromatic rings. The second kappa shape index (κ2) is 9.94. The summed E-state index contributed by atoms with van der Waals surface area (Å²) in [5, 5.41) is 22.6. The molecular formula is C25H20ClN3O6S. The molecule has 1 amide bonds. The number of phenolic OH excluding ortho intramolecular Hbond substituents is 1. The number of fused-ring (bicyclic) bond motifs is 1. The van der Waals surface area contributed by atoms with Gasteiger partial charge in [-0.2, -0.15) is 8.42 Å². The molecule has 4 rings (SSSR count). The van der Waals surface area contributed by atoms with E-state index in [1.807, 2.05) is 0 Å². The maximum absolute atomic E-state index is 13.1. The highest BCUT2D eigenvalue weighted by Gasteiger charge is 2.22. The van der Waals surface area contributed by atoms with E-state index >= 15 is 0 Å². The zero-order valence-electron chi connectivity index (χ0n) is 19.1. The highest BCUT2D eigenvalue weighted by Crippen LogP contribution is 2.41. The number of para-hydroxylation sites is 2. The molecule has 0 saturated carbocycles. The molecule has 0 bridgehead atoms. The van der Waals surface area contributed by atoms with Crippen molar-refractivity contribution in [2.45, 2.75) is 11.8 Å². The van der Waals surface area contributed by atoms with Crippen LogP contribution < -0.4 is 10.1 Å². The Bertz CT molecular complexity index is 1640. The minimum atomic E-state index is -4.61. The van der Waals surface area contributed by atoms with Crippen LogP contribution in [-0.4, -0.2) is 31.1 Å². The van der Waals surface area contributed by atoms with Gasteiger partial charge in [0.15, 0.2) is 5.75 Å². The molecule has 0 spiro atoms. The summed E-state index contributed by atoms with van der Waals surface area (Å²) in [5.41, 5.74) is 0.488. The zero-order chi connectivity index (χ0) is 26.0. The Morgan fingerprint density at radius 1 is 1.03 bits per heavy atom. The molecule has 0 unspecified atom stereocenters. The summed E-state index contributed by atoms with van der Waals surface area (Å²) in [4.78, 5) is 12.6. The third kappa shape index (κ3) is 4.87. The number of nitrogens with zero attached hydrogens (tertiary/aromatic N) is 2. The molecule has 0 saturated heterocycles. The van der Waals surface area contributed by atoms with Crippen molar-refractivity contribution in [3.05, 3.63) is 82.9 Å². The van der Waals surface area contributed by atoms with Gasteiger partial charge in [0.25, 0.3) is 16.0 Å². The van der Waals surface area contributed by atoms with Crippen LogP contribution in [-0.2, 0) is 10.1 Å². The van der Waals surface area contributed by atoms with E-state index in [0.717, 1.165) is 0 Å². The largest absolute Gasteiger partial charge is 0.505 e. The first-order valence-electron chi connectivity index (χ1n) is 10.5. The van der Waals surface area contributed by atoms with E-state index in [2.05, 4.69) is 15.5 Å². The number of carbonyl (C=O) groups is 1. The van der Waals surface area contributed by atoms with Crippen LogP contribution in [0.15, 0.2) is 81.9 Å². The number of azo groups is 1. The Kier molecular flexibility index (Phi) is 6.93. The van der Waals surface area contributed by atoms with E-state index in [1.54, 1.807) is 48.5 Å². The topological polar surface area (TPSA) is 138 Å². The molecule has 0 heterocycles. The predicted octanol–water partition coefficient (Wildman–Crippen LogP) is 6.43. The number of hydrogen-bond acceptors (Lipinski definition) is 7. The quantitative estimate of drug-likeness (QED) is 0.196. The molecule has 0 fully saturated rings. The van der Waals surface area contributed by atoms with Gasteiger partial charge >= 0.3 is 0 Å². The smallest absolute Gasteiger partial charge is 0.296 e. The van der Waals surface area contributed by atoms with Crippen LogP contribution in [0, 0.1) is 6.92 Å². The van der Waals surface area contributed by atoms with E-state index in [-0.39, 0.29) is 27.5 Å². The lowest BCUT2D eigenvalue weighted by Crippen LogP contribution is -2.13. The van der Waals surface area contributed by atoms with E-state index < -0.39 is 26.7 Å². The van der Waals surface area contributed by atoms with Crippen molar-refractivity contribution in [1.29, 1.82) is 0 Å². The first-order valence-corrected chi connectivity index (χ1v) is 12.3. The standard InChI is InChI=1S/C25H20ClN3O6S/c1-14-11-12-19(21(26)24(14)36(32,33)34)28-29-22-16-8-4-3-7-15(16)13-17(23(22)30)25(31)27-18-9-5-6-10-20(18)35-2/h3-13,30H,1-2H3,(H,27,31)(H,32,33,34). The highest BCUT2D eigenvalue weighted by molar-refractivity contribution is 7.86. The minimum Gasteiger partial charge on any atom is -0.505 e. The van der Waals surface area contributed by atoms with E-state index in [4.69, 9.17) is 16.3 Å². The monoisotopic (exact) mass is 525 g/mol. The number of methoxy groups -OCH3 is 1. The zero-order valence-corrected chi connectivity index (χ0v) is 20.6. The Balaban J connectivity index is 1.82. The van der Waals surface area contributed by atoms with Gasteiger partial charge in [0, 0.05) is 5.39 Å². The Hall–Kier alpha value is -3.99. The lowest BCUT2D eigenvalue weighted by atomic mass is 10.0. The summed E-state index contributed by atoms with van der Waals surface area (Å²) in [5.74, 6) is -0.612. The van der Waals surface area contributed by atoms with Crippen LogP contribution in [0.4, 0.5) is 17.1 Å². The summed E-state index contributed by atoms with van der Waals surface area (Å²) >= 11 is 6.19. The van der Waals surface area contributed by atoms with Crippen molar-refractivity contribution in [3.8, 4) is 11.5 Å². The van der Waals surface area contributed by atoms with Gasteiger partial charge in [0.05, 0.1) is 23.4 Å². The lowest BCUT2D eigenvalue weighted by molar-refractivity contribution is 0.102. The minimum absolute atomic E-state index is 0.0247. The maximum atomic E-state index is 13.1. The number of ether oxygens (including phenoxy) is 1. The number of phenols is 1. The molecule has 0 atom stereocenters. The first kappa shape index (κ1) is 25.1. The van der Waals surface area contributed by atoms with Crippen molar-refractivity contribution < 1.29 is 27.6 Å². The number of halogens is 1. The number of aromatic hydroxyl groups is 1. The second-order valence-electron chi connectivity index (χ2n) is 7.72. The Morgan fingerprint density at radius 3 is 2.44 bits per heavy atom. The Morgan fingerprint density at radius 2 is 1.72 bits per heavy atom. The number of carbonyl (C=O) groups excluding carboxylic acids is 1. The van der Waals surface area contributed by atoms with E-state index in [1.165, 1.54) is 32.2 Å². The third-order valence-corrected chi connectivity index (χ3v) is 6.92. The number of hydrogen-bond donors (Lipinski definition) is 3. The fourth-order valence-electron chi connectivity index (χ4n) is 3.67. The third-order valence-electron chi connectivity index (χ3n) is 5.38. The van der Waals surface area contributed by atoms with Crippen LogP contribution in [0.2, 0.25) is 5.02 Å². The van der Waals surface area contributed by atoms with E-state index in [0.29, 0.717) is 22.2 Å². The molecule has 36 heavy (non-hydrogen) atoms. The first-order chi connectivity index (χ1) is 17.1. The highest BCUT2D eigenvalue weighted by atomic mass is 35.5. The van der Waals surface area contributed by atoms with Gasteiger partial charge in [0.2, 0.25) is 0 Å². The molecular weight excluding hydrogens is 506 g/mol. The van der Waals surface area contributed by atoms with Gasteiger partial charge in [0.1, 0.15) is 22.0 Å². The summed E-state index contributed by atoms with van der Waals surface area (Å²) in [6, 6.07) is 18.1. The number of nitrogens with one attached hydrogen (secondary N) is 1. The summed E-state index contributed by atoms with van der Waals surface area (Å²) in [6.07, 6.45) is 0. The number of rotatable bonds is 6. The Labute approximate surface area is 211 Å².